The zero-order valence-corrected chi connectivity index (χ0v) is 18.4. The second kappa shape index (κ2) is 8.73. The topological polar surface area (TPSA) is 80.5 Å². The van der Waals surface area contributed by atoms with Crippen LogP contribution in [0.4, 0.5) is 0 Å². The summed E-state index contributed by atoms with van der Waals surface area (Å²) >= 11 is 1.41. The molecule has 0 unspecified atom stereocenters. The number of hydrogen-bond donors (Lipinski definition) is 0. The molecule has 162 valence electrons. The lowest BCUT2D eigenvalue weighted by Crippen LogP contribution is -2.15. The van der Waals surface area contributed by atoms with E-state index in [9.17, 15) is 4.79 Å². The number of aromatic nitrogens is 1. The van der Waals surface area contributed by atoms with E-state index >= 15 is 0 Å². The third-order valence-electron chi connectivity index (χ3n) is 4.78. The van der Waals surface area contributed by atoms with Crippen molar-refractivity contribution in [3.63, 3.8) is 0 Å². The normalized spacial score (nSPS) is 13.6. The Morgan fingerprint density at radius 3 is 2.29 bits per heavy atom. The van der Waals surface area contributed by atoms with Crippen LogP contribution in [0.3, 0.4) is 0 Å². The summed E-state index contributed by atoms with van der Waals surface area (Å²) in [6.45, 7) is 1.05. The van der Waals surface area contributed by atoms with Crippen molar-refractivity contribution >= 4 is 33.5 Å². The van der Waals surface area contributed by atoms with Crippen molar-refractivity contribution in [3.8, 4) is 28.7 Å². The highest BCUT2D eigenvalue weighted by Gasteiger charge is 2.16. The van der Waals surface area contributed by atoms with Crippen molar-refractivity contribution in [2.75, 3.05) is 34.5 Å². The first-order valence-corrected chi connectivity index (χ1v) is 10.3. The zero-order chi connectivity index (χ0) is 22.0. The average Bonchev–Trinajstić information content (AvgIpc) is 3.09. The van der Waals surface area contributed by atoms with E-state index in [4.69, 9.17) is 23.7 Å². The van der Waals surface area contributed by atoms with Gasteiger partial charge in [0.15, 0.2) is 27.8 Å². The van der Waals surface area contributed by atoms with E-state index in [1.807, 2.05) is 23.7 Å². The molecule has 0 radical (unpaired) electrons. The highest BCUT2D eigenvalue weighted by molar-refractivity contribution is 7.16. The number of thiazole rings is 1. The van der Waals surface area contributed by atoms with Crippen LogP contribution in [-0.2, 0) is 11.8 Å². The minimum absolute atomic E-state index is 0.381. The number of hydrogen-bond acceptors (Lipinski definition) is 7. The summed E-state index contributed by atoms with van der Waals surface area (Å²) < 4.78 is 30.1. The SMILES string of the molecule is COc1cc(/C=C\C(=O)N=c2sc3cc4c(cc3n2C)OCCO4)cc(OC)c1OC. The van der Waals surface area contributed by atoms with E-state index in [1.54, 1.807) is 32.4 Å². The Kier molecular flexibility index (Phi) is 5.85. The van der Waals surface area contributed by atoms with E-state index in [1.165, 1.54) is 24.5 Å². The summed E-state index contributed by atoms with van der Waals surface area (Å²) in [4.78, 5) is 17.3. The highest BCUT2D eigenvalue weighted by atomic mass is 32.1. The summed E-state index contributed by atoms with van der Waals surface area (Å²) in [6, 6.07) is 7.35. The van der Waals surface area contributed by atoms with Gasteiger partial charge in [-0.2, -0.15) is 4.99 Å². The summed E-state index contributed by atoms with van der Waals surface area (Å²) in [5.74, 6) is 2.54. The largest absolute Gasteiger partial charge is 0.493 e. The Bertz CT molecular complexity index is 1220. The van der Waals surface area contributed by atoms with Gasteiger partial charge in [-0.3, -0.25) is 4.79 Å². The van der Waals surface area contributed by atoms with Gasteiger partial charge in [-0.25, -0.2) is 0 Å². The second-order valence-electron chi connectivity index (χ2n) is 6.65. The molecular weight excluding hydrogens is 420 g/mol. The third-order valence-corrected chi connectivity index (χ3v) is 5.88. The maximum Gasteiger partial charge on any atom is 0.272 e. The molecule has 9 heteroatoms. The van der Waals surface area contributed by atoms with Crippen LogP contribution < -0.4 is 28.5 Å². The van der Waals surface area contributed by atoms with Crippen molar-refractivity contribution in [2.45, 2.75) is 0 Å². The predicted molar refractivity (Wildman–Crippen MR) is 117 cm³/mol. The monoisotopic (exact) mass is 442 g/mol. The molecule has 3 aromatic rings. The standard InChI is InChI=1S/C22H22N2O6S/c1-24-14-11-15-16(30-8-7-29-15)12-19(14)31-22(24)23-20(25)6-5-13-9-17(26-2)21(28-4)18(10-13)27-3/h5-6,9-12H,7-8H2,1-4H3/b6-5-,23-22?. The van der Waals surface area contributed by atoms with E-state index in [-0.39, 0.29) is 5.91 Å². The van der Waals surface area contributed by atoms with Crippen LogP contribution >= 0.6 is 11.3 Å². The Morgan fingerprint density at radius 1 is 1.03 bits per heavy atom. The number of methoxy groups -OCH3 is 3. The van der Waals surface area contributed by atoms with Gasteiger partial charge < -0.3 is 28.3 Å². The molecule has 1 aliphatic heterocycles. The zero-order valence-electron chi connectivity index (χ0n) is 17.6. The first-order valence-electron chi connectivity index (χ1n) is 9.50. The molecule has 0 saturated carbocycles. The fraction of sp³-hybridized carbons (Fsp3) is 0.273. The molecule has 0 N–H and O–H groups in total. The summed E-state index contributed by atoms with van der Waals surface area (Å²) in [7, 11) is 6.49. The van der Waals surface area contributed by atoms with Gasteiger partial charge in [-0.15, -0.1) is 0 Å². The molecule has 2 aromatic carbocycles. The average molecular weight is 442 g/mol. The number of aryl methyl sites for hydroxylation is 1. The van der Waals surface area contributed by atoms with Gasteiger partial charge in [0.25, 0.3) is 5.91 Å². The molecule has 0 spiro atoms. The molecule has 0 saturated heterocycles. The molecular formula is C22H22N2O6S. The molecule has 0 fully saturated rings. The third kappa shape index (κ3) is 4.09. The molecule has 4 rings (SSSR count). The summed E-state index contributed by atoms with van der Waals surface area (Å²) in [5, 5.41) is 0. The van der Waals surface area contributed by atoms with E-state index in [0.717, 1.165) is 15.8 Å². The van der Waals surface area contributed by atoms with Crippen LogP contribution in [-0.4, -0.2) is 45.0 Å². The van der Waals surface area contributed by atoms with Crippen LogP contribution in [0, 0.1) is 0 Å². The Labute approximate surface area is 182 Å². The molecule has 0 atom stereocenters. The highest BCUT2D eigenvalue weighted by Crippen LogP contribution is 2.38. The van der Waals surface area contributed by atoms with Crippen molar-refractivity contribution in [3.05, 3.63) is 40.7 Å². The Hall–Kier alpha value is -3.46. The minimum atomic E-state index is -0.381. The van der Waals surface area contributed by atoms with Gasteiger partial charge >= 0.3 is 0 Å². The van der Waals surface area contributed by atoms with Crippen molar-refractivity contribution in [2.24, 2.45) is 12.0 Å². The van der Waals surface area contributed by atoms with Crippen LogP contribution in [0.15, 0.2) is 35.3 Å². The lowest BCUT2D eigenvalue weighted by molar-refractivity contribution is -0.113. The number of ether oxygens (including phenoxy) is 5. The number of nitrogens with zero attached hydrogens (tertiary/aromatic N) is 2. The first kappa shape index (κ1) is 20.8. The molecule has 1 aliphatic rings. The first-order chi connectivity index (χ1) is 15.0. The van der Waals surface area contributed by atoms with Crippen LogP contribution in [0.25, 0.3) is 16.3 Å². The minimum Gasteiger partial charge on any atom is -0.493 e. The van der Waals surface area contributed by atoms with E-state index in [0.29, 0.717) is 46.8 Å². The molecule has 1 aromatic heterocycles. The fourth-order valence-corrected chi connectivity index (χ4v) is 4.30. The predicted octanol–water partition coefficient (Wildman–Crippen LogP) is 3.18. The molecule has 0 bridgehead atoms. The fourth-order valence-electron chi connectivity index (χ4n) is 3.27. The molecule has 1 amide bonds. The number of rotatable bonds is 5. The van der Waals surface area contributed by atoms with Crippen molar-refractivity contribution in [1.29, 1.82) is 0 Å². The summed E-state index contributed by atoms with van der Waals surface area (Å²) in [5.41, 5.74) is 1.65. The smallest absolute Gasteiger partial charge is 0.272 e. The Morgan fingerprint density at radius 2 is 1.68 bits per heavy atom. The van der Waals surface area contributed by atoms with Gasteiger partial charge in [-0.1, -0.05) is 11.3 Å². The molecule has 2 heterocycles. The second-order valence-corrected chi connectivity index (χ2v) is 7.66. The number of carbonyl (C=O) groups is 1. The molecule has 0 aliphatic carbocycles. The van der Waals surface area contributed by atoms with E-state index < -0.39 is 0 Å². The van der Waals surface area contributed by atoms with E-state index in [2.05, 4.69) is 4.99 Å². The number of benzene rings is 2. The van der Waals surface area contributed by atoms with Crippen LogP contribution in [0.5, 0.6) is 28.7 Å². The Balaban J connectivity index is 1.64. The lowest BCUT2D eigenvalue weighted by Gasteiger charge is -2.18. The number of carbonyl (C=O) groups excluding carboxylic acids is 1. The van der Waals surface area contributed by atoms with Gasteiger partial charge in [-0.05, 0) is 23.8 Å². The number of fused-ring (bicyclic) bond motifs is 2. The number of amides is 1. The van der Waals surface area contributed by atoms with Crippen LogP contribution in [0.1, 0.15) is 5.56 Å². The van der Waals surface area contributed by atoms with Gasteiger partial charge in [0.2, 0.25) is 5.75 Å². The van der Waals surface area contributed by atoms with Gasteiger partial charge in [0, 0.05) is 25.3 Å². The molecule has 31 heavy (non-hydrogen) atoms. The van der Waals surface area contributed by atoms with Crippen molar-refractivity contribution < 1.29 is 28.5 Å². The lowest BCUT2D eigenvalue weighted by atomic mass is 10.1. The van der Waals surface area contributed by atoms with Crippen LogP contribution in [0.2, 0.25) is 0 Å². The molecule has 8 nitrogen and oxygen atoms in total. The van der Waals surface area contributed by atoms with Gasteiger partial charge in [0.05, 0.1) is 31.5 Å². The maximum atomic E-state index is 12.5. The van der Waals surface area contributed by atoms with Crippen molar-refractivity contribution in [1.82, 2.24) is 4.57 Å². The maximum absolute atomic E-state index is 12.5. The summed E-state index contributed by atoms with van der Waals surface area (Å²) in [6.07, 6.45) is 3.06. The van der Waals surface area contributed by atoms with Gasteiger partial charge in [0.1, 0.15) is 13.2 Å². The quantitative estimate of drug-likeness (QED) is 0.565.